The first-order valence-corrected chi connectivity index (χ1v) is 16.7. The summed E-state index contributed by atoms with van der Waals surface area (Å²) in [7, 11) is 1.65. The van der Waals surface area contributed by atoms with E-state index < -0.39 is 0 Å². The highest BCUT2D eigenvalue weighted by Crippen LogP contribution is 2.59. The number of hydrogen-bond acceptors (Lipinski definition) is 4. The fourth-order valence-electron chi connectivity index (χ4n) is 7.67. The molecule has 0 saturated heterocycles. The monoisotopic (exact) mass is 583 g/mol. The summed E-state index contributed by atoms with van der Waals surface area (Å²) < 4.78 is 0. The van der Waals surface area contributed by atoms with Crippen molar-refractivity contribution in [3.05, 3.63) is 35.5 Å². The number of carbonyl (C=O) groups is 3. The van der Waals surface area contributed by atoms with Gasteiger partial charge < -0.3 is 21.1 Å². The second-order valence-corrected chi connectivity index (χ2v) is 13.3. The molecule has 0 aromatic carbocycles. The Kier molecular flexibility index (Phi) is 13.8. The molecular weight excluding hydrogens is 526 g/mol. The highest BCUT2D eigenvalue weighted by molar-refractivity contribution is 5.78. The molecule has 3 aliphatic carbocycles. The Hall–Kier alpha value is -2.41. The number of unbranched alkanes of at least 4 members (excludes halogenated alkanes) is 4. The smallest absolute Gasteiger partial charge is 0.223 e. The van der Waals surface area contributed by atoms with Gasteiger partial charge in [0.05, 0.1) is 6.10 Å². The van der Waals surface area contributed by atoms with Gasteiger partial charge >= 0.3 is 0 Å². The Morgan fingerprint density at radius 3 is 2.36 bits per heavy atom. The average Bonchev–Trinajstić information content (AvgIpc) is 3.33. The summed E-state index contributed by atoms with van der Waals surface area (Å²) in [6.07, 6.45) is 18.8. The van der Waals surface area contributed by atoms with Gasteiger partial charge in [0.2, 0.25) is 17.7 Å². The van der Waals surface area contributed by atoms with Crippen molar-refractivity contribution < 1.29 is 19.5 Å². The Bertz CT molecular complexity index is 1000. The van der Waals surface area contributed by atoms with Crippen LogP contribution in [0.4, 0.5) is 0 Å². The predicted octanol–water partition coefficient (Wildman–Crippen LogP) is 5.89. The molecule has 7 nitrogen and oxygen atoms in total. The molecule has 3 amide bonds. The Morgan fingerprint density at radius 2 is 1.64 bits per heavy atom. The minimum Gasteiger partial charge on any atom is -0.393 e. The zero-order chi connectivity index (χ0) is 30.5. The molecule has 7 heteroatoms. The maximum atomic E-state index is 13.2. The normalized spacial score (nSPS) is 28.4. The lowest BCUT2D eigenvalue weighted by Crippen LogP contribution is -2.41. The second kappa shape index (κ2) is 17.0. The van der Waals surface area contributed by atoms with Gasteiger partial charge in [-0.05, 0) is 99.9 Å². The van der Waals surface area contributed by atoms with Crippen LogP contribution in [0.1, 0.15) is 117 Å². The first kappa shape index (κ1) is 34.1. The number of aliphatic hydroxyl groups excluding tert-OH is 1. The molecule has 0 spiro atoms. The van der Waals surface area contributed by atoms with E-state index in [1.54, 1.807) is 7.05 Å². The molecule has 0 aromatic rings. The molecule has 0 aliphatic heterocycles. The van der Waals surface area contributed by atoms with Crippen molar-refractivity contribution in [1.29, 1.82) is 0 Å². The SMILES string of the molecule is C=C1CC[C@H](O)C/C1=C/C=C1\CCCC2(C)C1CCC2[C@H](C)C(=O)NCCCCNC(=O)CCCCCCC(=O)NC. The second-order valence-electron chi connectivity index (χ2n) is 13.3. The quantitative estimate of drug-likeness (QED) is 0.180. The standard InChI is InChI=1S/C35H57N3O4/c1-25-15-18-29(39)24-28(25)17-16-27-12-11-21-35(3)30(19-20-31(27)35)26(2)34(42)38-23-10-9-22-37-33(41)14-8-6-5-7-13-32(40)36-4/h16-17,26,29-31,39H,1,5-15,18-24H2,2-4H3,(H,36,40)(H,37,41)(H,38,42)/b27-16+,28-17-/t26-,29-,30?,31?,35?/m0/s1. The summed E-state index contributed by atoms with van der Waals surface area (Å²) in [6.45, 7) is 10.0. The van der Waals surface area contributed by atoms with E-state index in [1.807, 2.05) is 0 Å². The molecular formula is C35H57N3O4. The molecule has 4 N–H and O–H groups in total. The summed E-state index contributed by atoms with van der Waals surface area (Å²) in [5.74, 6) is 1.21. The zero-order valence-electron chi connectivity index (χ0n) is 26.6. The van der Waals surface area contributed by atoms with E-state index in [2.05, 4.69) is 48.5 Å². The van der Waals surface area contributed by atoms with Crippen LogP contribution in [0.5, 0.6) is 0 Å². The molecule has 0 heterocycles. The molecule has 42 heavy (non-hydrogen) atoms. The number of nitrogens with one attached hydrogen (secondary N) is 3. The number of amides is 3. The molecule has 3 rings (SSSR count). The van der Waals surface area contributed by atoms with Gasteiger partial charge in [0.25, 0.3) is 0 Å². The molecule has 3 unspecified atom stereocenters. The van der Waals surface area contributed by atoms with E-state index in [1.165, 1.54) is 24.0 Å². The fourth-order valence-corrected chi connectivity index (χ4v) is 7.67. The number of hydrogen-bond donors (Lipinski definition) is 4. The number of allylic oxidation sites excluding steroid dienone is 4. The van der Waals surface area contributed by atoms with E-state index in [9.17, 15) is 19.5 Å². The minimum absolute atomic E-state index is 0.0120. The molecule has 0 radical (unpaired) electrons. The number of rotatable bonds is 15. The third-order valence-corrected chi connectivity index (χ3v) is 10.3. The van der Waals surface area contributed by atoms with Gasteiger partial charge in [0.15, 0.2) is 0 Å². The van der Waals surface area contributed by atoms with Crippen LogP contribution in [0.25, 0.3) is 0 Å². The van der Waals surface area contributed by atoms with Gasteiger partial charge in [-0.3, -0.25) is 14.4 Å². The van der Waals surface area contributed by atoms with Crippen molar-refractivity contribution in [2.24, 2.45) is 23.2 Å². The van der Waals surface area contributed by atoms with E-state index in [0.29, 0.717) is 44.2 Å². The fraction of sp³-hybridized carbons (Fsp3) is 0.743. The lowest BCUT2D eigenvalue weighted by molar-refractivity contribution is -0.128. The zero-order valence-corrected chi connectivity index (χ0v) is 26.6. The lowest BCUT2D eigenvalue weighted by Gasteiger charge is -2.44. The highest BCUT2D eigenvalue weighted by atomic mass is 16.3. The molecule has 0 bridgehead atoms. The minimum atomic E-state index is -0.250. The van der Waals surface area contributed by atoms with Crippen LogP contribution in [-0.4, -0.2) is 49.1 Å². The third-order valence-electron chi connectivity index (χ3n) is 10.3. The number of carbonyl (C=O) groups excluding carboxylic acids is 3. The Balaban J connectivity index is 1.35. The van der Waals surface area contributed by atoms with Crippen LogP contribution < -0.4 is 16.0 Å². The van der Waals surface area contributed by atoms with Gasteiger partial charge in [0, 0.05) is 38.9 Å². The van der Waals surface area contributed by atoms with Gasteiger partial charge in [-0.2, -0.15) is 0 Å². The van der Waals surface area contributed by atoms with Crippen LogP contribution in [0.15, 0.2) is 35.5 Å². The Morgan fingerprint density at radius 1 is 0.952 bits per heavy atom. The van der Waals surface area contributed by atoms with Crippen molar-refractivity contribution in [3.8, 4) is 0 Å². The first-order valence-electron chi connectivity index (χ1n) is 16.7. The number of fused-ring (bicyclic) bond motifs is 1. The van der Waals surface area contributed by atoms with Gasteiger partial charge in [-0.1, -0.05) is 56.6 Å². The summed E-state index contributed by atoms with van der Waals surface area (Å²) in [4.78, 5) is 36.4. The van der Waals surface area contributed by atoms with Crippen molar-refractivity contribution in [3.63, 3.8) is 0 Å². The Labute approximate surface area is 254 Å². The van der Waals surface area contributed by atoms with Crippen molar-refractivity contribution >= 4 is 17.7 Å². The maximum Gasteiger partial charge on any atom is 0.223 e. The van der Waals surface area contributed by atoms with E-state index >= 15 is 0 Å². The first-order chi connectivity index (χ1) is 20.2. The van der Waals surface area contributed by atoms with Crippen molar-refractivity contribution in [2.45, 2.75) is 123 Å². The number of aliphatic hydroxyl groups is 1. The summed E-state index contributed by atoms with van der Waals surface area (Å²) in [5.41, 5.74) is 4.02. The third kappa shape index (κ3) is 9.82. The largest absolute Gasteiger partial charge is 0.393 e. The lowest BCUT2D eigenvalue weighted by atomic mass is 9.61. The molecule has 3 aliphatic rings. The van der Waals surface area contributed by atoms with Crippen molar-refractivity contribution in [1.82, 2.24) is 16.0 Å². The highest BCUT2D eigenvalue weighted by Gasteiger charge is 2.51. The maximum absolute atomic E-state index is 13.2. The summed E-state index contributed by atoms with van der Waals surface area (Å²) in [5, 5.41) is 18.9. The van der Waals surface area contributed by atoms with Crippen LogP contribution in [0.3, 0.4) is 0 Å². The van der Waals surface area contributed by atoms with Crippen LogP contribution in [-0.2, 0) is 14.4 Å². The topological polar surface area (TPSA) is 108 Å². The average molecular weight is 584 g/mol. The van der Waals surface area contributed by atoms with E-state index in [-0.39, 0.29) is 35.2 Å². The molecule has 0 aromatic heterocycles. The van der Waals surface area contributed by atoms with Crippen LogP contribution >= 0.6 is 0 Å². The van der Waals surface area contributed by atoms with Crippen LogP contribution in [0.2, 0.25) is 0 Å². The molecule has 5 atom stereocenters. The van der Waals surface area contributed by atoms with Gasteiger partial charge in [-0.25, -0.2) is 0 Å². The molecule has 3 saturated carbocycles. The molecule has 236 valence electrons. The summed E-state index contributed by atoms with van der Waals surface area (Å²) >= 11 is 0. The van der Waals surface area contributed by atoms with Gasteiger partial charge in [-0.15, -0.1) is 0 Å². The van der Waals surface area contributed by atoms with Gasteiger partial charge in [0.1, 0.15) is 0 Å². The van der Waals surface area contributed by atoms with Crippen molar-refractivity contribution in [2.75, 3.05) is 20.1 Å². The van der Waals surface area contributed by atoms with E-state index in [4.69, 9.17) is 0 Å². The summed E-state index contributed by atoms with van der Waals surface area (Å²) in [6, 6.07) is 0. The predicted molar refractivity (Wildman–Crippen MR) is 170 cm³/mol. The molecule has 3 fully saturated rings. The van der Waals surface area contributed by atoms with Crippen LogP contribution in [0, 0.1) is 23.2 Å². The van der Waals surface area contributed by atoms with E-state index in [0.717, 1.165) is 76.2 Å².